The van der Waals surface area contributed by atoms with E-state index in [0.717, 1.165) is 42.2 Å². The molecule has 2 aliphatic heterocycles. The lowest BCUT2D eigenvalue weighted by atomic mass is 9.83. The zero-order chi connectivity index (χ0) is 17.6. The summed E-state index contributed by atoms with van der Waals surface area (Å²) >= 11 is 0. The van der Waals surface area contributed by atoms with Crippen LogP contribution in [-0.2, 0) is 17.8 Å². The number of fused-ring (bicyclic) bond motifs is 4. The van der Waals surface area contributed by atoms with Crippen LogP contribution in [0.3, 0.4) is 0 Å². The van der Waals surface area contributed by atoms with Crippen LogP contribution in [0.4, 0.5) is 0 Å². The maximum absolute atomic E-state index is 12.7. The molecule has 0 aromatic carbocycles. The minimum absolute atomic E-state index is 0.0744. The van der Waals surface area contributed by atoms with E-state index in [0.29, 0.717) is 25.3 Å². The van der Waals surface area contributed by atoms with Crippen molar-refractivity contribution in [1.29, 1.82) is 0 Å². The summed E-state index contributed by atoms with van der Waals surface area (Å²) in [5, 5.41) is 3.95. The first kappa shape index (κ1) is 16.1. The van der Waals surface area contributed by atoms with E-state index < -0.39 is 0 Å². The molecule has 1 amide bonds. The van der Waals surface area contributed by atoms with E-state index in [1.165, 1.54) is 0 Å². The van der Waals surface area contributed by atoms with Crippen LogP contribution in [0.25, 0.3) is 0 Å². The van der Waals surface area contributed by atoms with Crippen molar-refractivity contribution in [2.45, 2.75) is 45.6 Å². The molecule has 4 heterocycles. The molecule has 2 bridgehead atoms. The zero-order valence-electron chi connectivity index (χ0n) is 14.7. The fourth-order valence-corrected chi connectivity index (χ4v) is 4.35. The number of carbonyl (C=O) groups is 1. The lowest BCUT2D eigenvalue weighted by Gasteiger charge is -2.42. The van der Waals surface area contributed by atoms with E-state index in [-0.39, 0.29) is 17.4 Å². The number of likely N-dealkylation sites (tertiary alicyclic amines) is 1. The topological polar surface area (TPSA) is 68.3 Å². The van der Waals surface area contributed by atoms with Crippen molar-refractivity contribution in [2.75, 3.05) is 13.1 Å². The molecule has 1 fully saturated rings. The summed E-state index contributed by atoms with van der Waals surface area (Å²) in [7, 11) is 0. The number of carbonyl (C=O) groups excluding carboxylic acids is 1. The van der Waals surface area contributed by atoms with Crippen molar-refractivity contribution in [3.05, 3.63) is 51.3 Å². The summed E-state index contributed by atoms with van der Waals surface area (Å²) in [6, 6.07) is 5.48. The summed E-state index contributed by atoms with van der Waals surface area (Å²) in [6.07, 6.45) is 2.21. The Labute approximate surface area is 146 Å². The Morgan fingerprint density at radius 2 is 2.12 bits per heavy atom. The Morgan fingerprint density at radius 1 is 1.28 bits per heavy atom. The Hall–Kier alpha value is -2.37. The van der Waals surface area contributed by atoms with Crippen molar-refractivity contribution < 1.29 is 9.32 Å². The number of aromatic nitrogens is 2. The summed E-state index contributed by atoms with van der Waals surface area (Å²) in [5.41, 5.74) is 3.06. The number of piperidine rings is 1. The second-order valence-electron chi connectivity index (χ2n) is 7.30. The molecular formula is C19H23N3O3. The quantitative estimate of drug-likeness (QED) is 0.857. The molecule has 132 valence electrons. The molecule has 2 aliphatic rings. The van der Waals surface area contributed by atoms with E-state index in [9.17, 15) is 9.59 Å². The van der Waals surface area contributed by atoms with E-state index >= 15 is 0 Å². The molecule has 0 N–H and O–H groups in total. The van der Waals surface area contributed by atoms with Gasteiger partial charge in [-0.15, -0.1) is 0 Å². The number of hydrogen-bond donors (Lipinski definition) is 0. The van der Waals surface area contributed by atoms with Gasteiger partial charge in [0.2, 0.25) is 5.91 Å². The number of nitrogens with zero attached hydrogens (tertiary/aromatic N) is 3. The lowest BCUT2D eigenvalue weighted by molar-refractivity contribution is -0.133. The van der Waals surface area contributed by atoms with E-state index in [1.54, 1.807) is 6.07 Å². The van der Waals surface area contributed by atoms with Crippen molar-refractivity contribution >= 4 is 5.91 Å². The summed E-state index contributed by atoms with van der Waals surface area (Å²) in [6.45, 7) is 5.98. The molecule has 0 unspecified atom stereocenters. The summed E-state index contributed by atoms with van der Waals surface area (Å²) < 4.78 is 7.07. The van der Waals surface area contributed by atoms with Gasteiger partial charge in [0.1, 0.15) is 5.76 Å². The molecule has 1 saturated heterocycles. The molecule has 2 atom stereocenters. The number of rotatable bonds is 3. The molecule has 0 saturated carbocycles. The first-order valence-corrected chi connectivity index (χ1v) is 8.92. The van der Waals surface area contributed by atoms with Crippen LogP contribution < -0.4 is 5.56 Å². The van der Waals surface area contributed by atoms with Gasteiger partial charge in [-0.3, -0.25) is 9.59 Å². The fraction of sp³-hybridized carbons (Fsp3) is 0.526. The van der Waals surface area contributed by atoms with Gasteiger partial charge >= 0.3 is 0 Å². The number of aryl methyl sites for hydroxylation is 2. The Kier molecular flexibility index (Phi) is 3.98. The van der Waals surface area contributed by atoms with Crippen molar-refractivity contribution in [3.8, 4) is 0 Å². The predicted octanol–water partition coefficient (Wildman–Crippen LogP) is 2.03. The molecule has 0 aliphatic carbocycles. The van der Waals surface area contributed by atoms with Gasteiger partial charge < -0.3 is 14.0 Å². The molecule has 0 spiro atoms. The monoisotopic (exact) mass is 341 g/mol. The number of amides is 1. The van der Waals surface area contributed by atoms with Crippen molar-refractivity contribution in [3.63, 3.8) is 0 Å². The third-order valence-electron chi connectivity index (χ3n) is 5.60. The maximum Gasteiger partial charge on any atom is 0.250 e. The van der Waals surface area contributed by atoms with Gasteiger partial charge in [-0.25, -0.2) is 0 Å². The second kappa shape index (κ2) is 6.17. The summed E-state index contributed by atoms with van der Waals surface area (Å²) in [4.78, 5) is 26.8. The second-order valence-corrected chi connectivity index (χ2v) is 7.30. The van der Waals surface area contributed by atoms with E-state index in [1.807, 2.05) is 35.4 Å². The van der Waals surface area contributed by atoms with E-state index in [4.69, 9.17) is 4.52 Å². The van der Waals surface area contributed by atoms with Crippen LogP contribution in [0.5, 0.6) is 0 Å². The van der Waals surface area contributed by atoms with Gasteiger partial charge in [0, 0.05) is 49.3 Å². The Balaban J connectivity index is 1.47. The maximum atomic E-state index is 12.7. The van der Waals surface area contributed by atoms with Crippen LogP contribution in [0.1, 0.15) is 41.5 Å². The first-order valence-electron chi connectivity index (χ1n) is 8.92. The van der Waals surface area contributed by atoms with Gasteiger partial charge in [0.15, 0.2) is 0 Å². The minimum Gasteiger partial charge on any atom is -0.361 e. The van der Waals surface area contributed by atoms with Gasteiger partial charge in [-0.05, 0) is 38.7 Å². The van der Waals surface area contributed by atoms with Crippen molar-refractivity contribution in [2.24, 2.45) is 5.92 Å². The lowest BCUT2D eigenvalue weighted by Crippen LogP contribution is -2.49. The third-order valence-corrected chi connectivity index (χ3v) is 5.60. The minimum atomic E-state index is 0.0744. The van der Waals surface area contributed by atoms with Gasteiger partial charge in [-0.2, -0.15) is 0 Å². The third kappa shape index (κ3) is 2.90. The standard InChI is InChI=1S/C19H23N3O3/c1-12-16(13(2)25-20-12)6-7-18(23)21-9-14-8-15(11-21)17-4-3-5-19(24)22(17)10-14/h3-5,14-15H,6-11H2,1-2H3/t14-,15+/m0/s1. The Morgan fingerprint density at radius 3 is 2.88 bits per heavy atom. The van der Waals surface area contributed by atoms with Crippen LogP contribution in [-0.4, -0.2) is 33.6 Å². The van der Waals surface area contributed by atoms with Crippen molar-refractivity contribution in [1.82, 2.24) is 14.6 Å². The summed E-state index contributed by atoms with van der Waals surface area (Å²) in [5.74, 6) is 1.62. The first-order chi connectivity index (χ1) is 12.0. The smallest absolute Gasteiger partial charge is 0.250 e. The average molecular weight is 341 g/mol. The Bertz CT molecular complexity index is 848. The normalized spacial score (nSPS) is 21.9. The highest BCUT2D eigenvalue weighted by Crippen LogP contribution is 2.35. The predicted molar refractivity (Wildman–Crippen MR) is 92.4 cm³/mol. The van der Waals surface area contributed by atoms with Gasteiger partial charge in [-0.1, -0.05) is 11.2 Å². The highest BCUT2D eigenvalue weighted by atomic mass is 16.5. The highest BCUT2D eigenvalue weighted by molar-refractivity contribution is 5.76. The largest absolute Gasteiger partial charge is 0.361 e. The van der Waals surface area contributed by atoms with Crippen LogP contribution in [0.15, 0.2) is 27.5 Å². The highest BCUT2D eigenvalue weighted by Gasteiger charge is 2.36. The number of hydrogen-bond acceptors (Lipinski definition) is 4. The molecule has 6 nitrogen and oxygen atoms in total. The SMILES string of the molecule is Cc1noc(C)c1CCC(=O)N1C[C@@H]2C[C@H](C1)c1cccc(=O)n1C2. The van der Waals surface area contributed by atoms with E-state index in [2.05, 4.69) is 5.16 Å². The molecule has 6 heteroatoms. The van der Waals surface area contributed by atoms with Crippen LogP contribution >= 0.6 is 0 Å². The molecule has 4 rings (SSSR count). The number of pyridine rings is 1. The van der Waals surface area contributed by atoms with Gasteiger partial charge in [0.25, 0.3) is 5.56 Å². The van der Waals surface area contributed by atoms with Crippen LogP contribution in [0.2, 0.25) is 0 Å². The van der Waals surface area contributed by atoms with Crippen LogP contribution in [0, 0.1) is 19.8 Å². The van der Waals surface area contributed by atoms with Gasteiger partial charge in [0.05, 0.1) is 5.69 Å². The molecule has 0 radical (unpaired) electrons. The molecular weight excluding hydrogens is 318 g/mol. The average Bonchev–Trinajstić information content (AvgIpc) is 2.92. The molecule has 2 aromatic rings. The fourth-order valence-electron chi connectivity index (χ4n) is 4.35. The molecule has 2 aromatic heterocycles. The molecule has 25 heavy (non-hydrogen) atoms. The zero-order valence-corrected chi connectivity index (χ0v) is 14.7.